The summed E-state index contributed by atoms with van der Waals surface area (Å²) in [5, 5.41) is 9.96. The maximum Gasteiger partial charge on any atom is 0.340 e. The van der Waals surface area contributed by atoms with Crippen molar-refractivity contribution in [2.24, 2.45) is 5.92 Å². The van der Waals surface area contributed by atoms with Gasteiger partial charge < -0.3 is 9.14 Å². The Balaban J connectivity index is 1.94. The van der Waals surface area contributed by atoms with Gasteiger partial charge in [0, 0.05) is 11.6 Å². The molecule has 0 saturated carbocycles. The zero-order valence-corrected chi connectivity index (χ0v) is 14.7. The number of benzene rings is 1. The van der Waals surface area contributed by atoms with E-state index < -0.39 is 0 Å². The van der Waals surface area contributed by atoms with Crippen LogP contribution in [0.5, 0.6) is 0 Å². The third kappa shape index (κ3) is 3.36. The lowest BCUT2D eigenvalue weighted by Crippen LogP contribution is -2.09. The number of ether oxygens (including phenoxy) is 1. The van der Waals surface area contributed by atoms with Crippen molar-refractivity contribution < 1.29 is 9.53 Å². The maximum atomic E-state index is 12.7. The summed E-state index contributed by atoms with van der Waals surface area (Å²) in [5.74, 6) is 0.255. The average Bonchev–Trinajstić information content (AvgIpc) is 2.95. The van der Waals surface area contributed by atoms with Gasteiger partial charge in [-0.3, -0.25) is 0 Å². The van der Waals surface area contributed by atoms with Gasteiger partial charge in [0.25, 0.3) is 0 Å². The van der Waals surface area contributed by atoms with E-state index in [0.717, 1.165) is 35.7 Å². The van der Waals surface area contributed by atoms with Gasteiger partial charge in [0.2, 0.25) is 0 Å². The maximum absolute atomic E-state index is 12.7. The monoisotopic (exact) mass is 334 g/mol. The summed E-state index contributed by atoms with van der Waals surface area (Å²) in [4.78, 5) is 12.7. The highest BCUT2D eigenvalue weighted by atomic mass is 16.5. The van der Waals surface area contributed by atoms with E-state index >= 15 is 0 Å². The van der Waals surface area contributed by atoms with Gasteiger partial charge in [-0.05, 0) is 36.6 Å². The Morgan fingerprint density at radius 3 is 2.84 bits per heavy atom. The molecule has 0 saturated heterocycles. The molecule has 1 atom stereocenters. The summed E-state index contributed by atoms with van der Waals surface area (Å²) in [7, 11) is 0. The molecule has 0 spiro atoms. The van der Waals surface area contributed by atoms with Gasteiger partial charge in [0.1, 0.15) is 0 Å². The molecular formula is C21H22N2O2. The summed E-state index contributed by atoms with van der Waals surface area (Å²) in [5.41, 5.74) is 2.80. The van der Waals surface area contributed by atoms with E-state index in [2.05, 4.69) is 19.9 Å². The molecule has 0 fully saturated rings. The molecule has 0 amide bonds. The van der Waals surface area contributed by atoms with E-state index in [0.29, 0.717) is 23.7 Å². The van der Waals surface area contributed by atoms with E-state index in [-0.39, 0.29) is 5.97 Å². The van der Waals surface area contributed by atoms with Crippen LogP contribution in [0.2, 0.25) is 0 Å². The number of rotatable bonds is 6. The van der Waals surface area contributed by atoms with E-state index in [1.54, 1.807) is 6.07 Å². The van der Waals surface area contributed by atoms with Crippen LogP contribution in [0.4, 0.5) is 0 Å². The molecule has 0 aliphatic heterocycles. The first kappa shape index (κ1) is 17.0. The molecule has 0 radical (unpaired) electrons. The predicted molar refractivity (Wildman–Crippen MR) is 98.6 cm³/mol. The topological polar surface area (TPSA) is 54.5 Å². The first-order valence-corrected chi connectivity index (χ1v) is 8.75. The standard InChI is InChI=1S/C21H22N2O2/c1-3-6-15(2)10-12-25-21(24)20-17-9-8-16(14-22)13-19(17)23-11-5-4-7-18(20)23/h4-5,7-9,11,13,15H,3,6,10,12H2,1-2H3. The molecule has 128 valence electrons. The second-order valence-electron chi connectivity index (χ2n) is 6.49. The predicted octanol–water partition coefficient (Wildman–Crippen LogP) is 4.95. The van der Waals surface area contributed by atoms with Crippen LogP contribution in [0.15, 0.2) is 42.6 Å². The number of hydrogen-bond acceptors (Lipinski definition) is 3. The first-order valence-electron chi connectivity index (χ1n) is 8.75. The number of aromatic nitrogens is 1. The normalized spacial score (nSPS) is 12.2. The molecule has 25 heavy (non-hydrogen) atoms. The fraction of sp³-hybridized carbons (Fsp3) is 0.333. The number of hydrogen-bond donors (Lipinski definition) is 0. The van der Waals surface area contributed by atoms with Crippen molar-refractivity contribution >= 4 is 22.4 Å². The van der Waals surface area contributed by atoms with Gasteiger partial charge in [-0.2, -0.15) is 5.26 Å². The zero-order chi connectivity index (χ0) is 17.8. The molecule has 4 nitrogen and oxygen atoms in total. The fourth-order valence-electron chi connectivity index (χ4n) is 3.28. The fourth-order valence-corrected chi connectivity index (χ4v) is 3.28. The van der Waals surface area contributed by atoms with Gasteiger partial charge >= 0.3 is 5.97 Å². The first-order chi connectivity index (χ1) is 12.2. The van der Waals surface area contributed by atoms with Gasteiger partial charge in [-0.15, -0.1) is 0 Å². The summed E-state index contributed by atoms with van der Waals surface area (Å²) in [6.07, 6.45) is 5.07. The molecule has 0 aliphatic carbocycles. The van der Waals surface area contributed by atoms with Crippen LogP contribution in [-0.4, -0.2) is 17.0 Å². The van der Waals surface area contributed by atoms with Crippen LogP contribution in [-0.2, 0) is 4.74 Å². The lowest BCUT2D eigenvalue weighted by atomic mass is 10.0. The average molecular weight is 334 g/mol. The number of pyridine rings is 1. The molecule has 3 aromatic rings. The van der Waals surface area contributed by atoms with Crippen molar-refractivity contribution in [3.8, 4) is 6.07 Å². The van der Waals surface area contributed by atoms with Crippen LogP contribution < -0.4 is 0 Å². The minimum Gasteiger partial charge on any atom is -0.462 e. The SMILES string of the molecule is CCCC(C)CCOC(=O)c1c2ccc(C#N)cc2n2ccccc12. The lowest BCUT2D eigenvalue weighted by Gasteiger charge is -2.10. The lowest BCUT2D eigenvalue weighted by molar-refractivity contribution is 0.0488. The Bertz CT molecular complexity index is 950. The third-order valence-electron chi connectivity index (χ3n) is 4.60. The molecule has 0 aliphatic rings. The number of nitriles is 1. The van der Waals surface area contributed by atoms with Gasteiger partial charge in [0.05, 0.1) is 34.8 Å². The van der Waals surface area contributed by atoms with Crippen LogP contribution in [0, 0.1) is 17.2 Å². The highest BCUT2D eigenvalue weighted by Gasteiger charge is 2.19. The Morgan fingerprint density at radius 1 is 1.24 bits per heavy atom. The van der Waals surface area contributed by atoms with Crippen molar-refractivity contribution in [1.29, 1.82) is 5.26 Å². The highest BCUT2D eigenvalue weighted by Crippen LogP contribution is 2.28. The summed E-state index contributed by atoms with van der Waals surface area (Å²) in [6.45, 7) is 4.78. The van der Waals surface area contributed by atoms with Crippen LogP contribution in [0.1, 0.15) is 49.0 Å². The largest absolute Gasteiger partial charge is 0.462 e. The number of nitrogens with zero attached hydrogens (tertiary/aromatic N) is 2. The van der Waals surface area contributed by atoms with E-state index in [1.165, 1.54) is 0 Å². The molecule has 1 unspecified atom stereocenters. The minimum absolute atomic E-state index is 0.299. The quantitative estimate of drug-likeness (QED) is 0.599. The zero-order valence-electron chi connectivity index (χ0n) is 14.7. The molecule has 2 heterocycles. The third-order valence-corrected chi connectivity index (χ3v) is 4.60. The van der Waals surface area contributed by atoms with Gasteiger partial charge in [-0.1, -0.05) is 38.8 Å². The molecule has 2 aromatic heterocycles. The molecule has 0 bridgehead atoms. The Kier molecular flexibility index (Phi) is 5.04. The van der Waals surface area contributed by atoms with Gasteiger partial charge in [0.15, 0.2) is 0 Å². The number of carbonyl (C=O) groups excluding carboxylic acids is 1. The van der Waals surface area contributed by atoms with Crippen molar-refractivity contribution in [2.75, 3.05) is 6.61 Å². The summed E-state index contributed by atoms with van der Waals surface area (Å²) >= 11 is 0. The van der Waals surface area contributed by atoms with Crippen molar-refractivity contribution in [3.63, 3.8) is 0 Å². The summed E-state index contributed by atoms with van der Waals surface area (Å²) < 4.78 is 7.50. The van der Waals surface area contributed by atoms with Crippen LogP contribution in [0.3, 0.4) is 0 Å². The van der Waals surface area contributed by atoms with Gasteiger partial charge in [-0.25, -0.2) is 4.79 Å². The van der Waals surface area contributed by atoms with E-state index in [1.807, 2.05) is 40.9 Å². The molecule has 3 rings (SSSR count). The molecule has 1 aromatic carbocycles. The summed E-state index contributed by atoms with van der Waals surface area (Å²) in [6, 6.07) is 13.2. The van der Waals surface area contributed by atoms with E-state index in [4.69, 9.17) is 10.00 Å². The highest BCUT2D eigenvalue weighted by molar-refractivity contribution is 6.11. The Labute approximate surface area is 147 Å². The smallest absolute Gasteiger partial charge is 0.340 e. The van der Waals surface area contributed by atoms with Crippen LogP contribution >= 0.6 is 0 Å². The minimum atomic E-state index is -0.299. The van der Waals surface area contributed by atoms with Crippen molar-refractivity contribution in [1.82, 2.24) is 4.40 Å². The van der Waals surface area contributed by atoms with Crippen molar-refractivity contribution in [2.45, 2.75) is 33.1 Å². The molecule has 0 N–H and O–H groups in total. The number of fused-ring (bicyclic) bond motifs is 3. The molecular weight excluding hydrogens is 312 g/mol. The second-order valence-corrected chi connectivity index (χ2v) is 6.49. The Hall–Kier alpha value is -2.80. The van der Waals surface area contributed by atoms with Crippen molar-refractivity contribution in [3.05, 3.63) is 53.7 Å². The second kappa shape index (κ2) is 7.40. The Morgan fingerprint density at radius 2 is 2.08 bits per heavy atom. The van der Waals surface area contributed by atoms with Crippen LogP contribution in [0.25, 0.3) is 16.4 Å². The number of carbonyl (C=O) groups is 1. The molecule has 4 heteroatoms. The van der Waals surface area contributed by atoms with E-state index in [9.17, 15) is 4.79 Å². The number of esters is 1.